The molecule has 0 atom stereocenters. The Morgan fingerprint density at radius 2 is 2.17 bits per heavy atom. The van der Waals surface area contributed by atoms with Gasteiger partial charge in [-0.15, -0.1) is 5.10 Å². The molecule has 0 saturated carbocycles. The molecular formula is C15H13ClN4O3. The number of methoxy groups -OCH3 is 1. The van der Waals surface area contributed by atoms with Crippen molar-refractivity contribution < 1.29 is 14.4 Å². The van der Waals surface area contributed by atoms with E-state index in [2.05, 4.69) is 15.6 Å². The second-order valence-corrected chi connectivity index (χ2v) is 5.09. The maximum absolute atomic E-state index is 11.9. The largest absolute Gasteiger partial charge is 0.497 e. The third-order valence-corrected chi connectivity index (χ3v) is 3.28. The summed E-state index contributed by atoms with van der Waals surface area (Å²) >= 11 is 5.93. The topological polar surface area (TPSA) is 78.3 Å². The van der Waals surface area contributed by atoms with Crippen molar-refractivity contribution in [1.29, 1.82) is 0 Å². The first kappa shape index (κ1) is 15.1. The molecule has 0 aliphatic carbocycles. The molecule has 0 aliphatic rings. The van der Waals surface area contributed by atoms with E-state index in [9.17, 15) is 4.79 Å². The molecule has 1 aromatic heterocycles. The normalized spacial score (nSPS) is 10.5. The smallest absolute Gasteiger partial charge is 0.265 e. The maximum atomic E-state index is 11.9. The van der Waals surface area contributed by atoms with Gasteiger partial charge in [0.1, 0.15) is 16.8 Å². The number of nitrogens with zero attached hydrogens (tertiary/aromatic N) is 3. The molecule has 2 aromatic carbocycles. The van der Waals surface area contributed by atoms with E-state index in [0.717, 1.165) is 0 Å². The van der Waals surface area contributed by atoms with Crippen molar-refractivity contribution in [2.45, 2.75) is 0 Å². The number of carbonyl (C=O) groups excluding carboxylic acids is 1. The van der Waals surface area contributed by atoms with Gasteiger partial charge >= 0.3 is 0 Å². The molecule has 1 amide bonds. The number of nitrogens with one attached hydrogen (secondary N) is 1. The molecule has 23 heavy (non-hydrogen) atoms. The molecule has 0 fully saturated rings. The van der Waals surface area contributed by atoms with Gasteiger partial charge in [-0.25, -0.2) is 0 Å². The molecule has 0 saturated heterocycles. The molecule has 3 aromatic rings. The monoisotopic (exact) mass is 332 g/mol. The minimum Gasteiger partial charge on any atom is -0.497 e. The first-order chi connectivity index (χ1) is 11.2. The Labute approximate surface area is 136 Å². The Kier molecular flexibility index (Phi) is 4.29. The van der Waals surface area contributed by atoms with E-state index in [1.807, 2.05) is 0 Å². The van der Waals surface area contributed by atoms with Crippen LogP contribution in [-0.2, 0) is 4.79 Å². The minimum absolute atomic E-state index is 0.220. The molecule has 3 rings (SSSR count). The van der Waals surface area contributed by atoms with Crippen LogP contribution in [0.15, 0.2) is 42.5 Å². The lowest BCUT2D eigenvalue weighted by Crippen LogP contribution is -2.26. The first-order valence-electron chi connectivity index (χ1n) is 6.74. The predicted octanol–water partition coefficient (Wildman–Crippen LogP) is 2.16. The highest BCUT2D eigenvalue weighted by Gasteiger charge is 2.09. The highest BCUT2D eigenvalue weighted by Crippen LogP contribution is 2.17. The quantitative estimate of drug-likeness (QED) is 0.774. The number of rotatable bonds is 5. The average Bonchev–Trinajstić information content (AvgIpc) is 2.95. The number of hydrogen-bond donors (Lipinski definition) is 1. The third kappa shape index (κ3) is 3.51. The summed E-state index contributed by atoms with van der Waals surface area (Å²) in [6, 6.07) is 12.1. The zero-order chi connectivity index (χ0) is 16.2. The van der Waals surface area contributed by atoms with E-state index in [1.54, 1.807) is 49.6 Å². The van der Waals surface area contributed by atoms with Crippen molar-refractivity contribution >= 4 is 34.2 Å². The van der Waals surface area contributed by atoms with Crippen LogP contribution in [0, 0.1) is 0 Å². The zero-order valence-electron chi connectivity index (χ0n) is 12.2. The van der Waals surface area contributed by atoms with E-state index < -0.39 is 0 Å². The molecule has 8 heteroatoms. The lowest BCUT2D eigenvalue weighted by atomic mass is 10.3. The summed E-state index contributed by atoms with van der Waals surface area (Å²) in [5.74, 6) is 0.324. The summed E-state index contributed by atoms with van der Waals surface area (Å²) < 4.78 is 5.10. The van der Waals surface area contributed by atoms with Gasteiger partial charge < -0.3 is 14.9 Å². The summed E-state index contributed by atoms with van der Waals surface area (Å²) in [5, 5.41) is 11.0. The van der Waals surface area contributed by atoms with Crippen molar-refractivity contribution in [1.82, 2.24) is 15.2 Å². The molecule has 0 aliphatic heterocycles. The molecule has 0 bridgehead atoms. The summed E-state index contributed by atoms with van der Waals surface area (Å²) in [5.41, 5.74) is 1.83. The summed E-state index contributed by atoms with van der Waals surface area (Å²) in [4.78, 5) is 18.5. The van der Waals surface area contributed by atoms with Crippen molar-refractivity contribution in [3.8, 4) is 5.75 Å². The summed E-state index contributed by atoms with van der Waals surface area (Å²) in [7, 11) is 1.56. The summed E-state index contributed by atoms with van der Waals surface area (Å²) in [6.07, 6.45) is 0. The number of anilines is 1. The van der Waals surface area contributed by atoms with Gasteiger partial charge in [0.15, 0.2) is 6.61 Å². The van der Waals surface area contributed by atoms with Crippen LogP contribution in [0.1, 0.15) is 0 Å². The van der Waals surface area contributed by atoms with E-state index in [4.69, 9.17) is 21.2 Å². The predicted molar refractivity (Wildman–Crippen MR) is 85.6 cm³/mol. The van der Waals surface area contributed by atoms with E-state index in [1.165, 1.54) is 4.85 Å². The Bertz CT molecular complexity index is 850. The molecule has 1 N–H and O–H groups in total. The highest BCUT2D eigenvalue weighted by molar-refractivity contribution is 6.31. The van der Waals surface area contributed by atoms with Crippen LogP contribution in [0.3, 0.4) is 0 Å². The molecule has 0 unspecified atom stereocenters. The van der Waals surface area contributed by atoms with Crippen LogP contribution in [0.5, 0.6) is 5.75 Å². The second kappa shape index (κ2) is 6.53. The fourth-order valence-corrected chi connectivity index (χ4v) is 2.15. The fraction of sp³-hybridized carbons (Fsp3) is 0.133. The van der Waals surface area contributed by atoms with Crippen LogP contribution < -0.4 is 14.9 Å². The molecule has 1 heterocycles. The average molecular weight is 333 g/mol. The standard InChI is InChI=1S/C15H13ClN4O3/c1-22-12-4-2-3-11(8-12)17-15(21)9-23-20-14-7-10(16)5-6-13(14)18-19-20/h2-8H,9H2,1H3,(H,17,21). The molecule has 118 valence electrons. The fourth-order valence-electron chi connectivity index (χ4n) is 1.98. The van der Waals surface area contributed by atoms with Crippen molar-refractivity contribution in [2.24, 2.45) is 0 Å². The number of fused-ring (bicyclic) bond motifs is 1. The van der Waals surface area contributed by atoms with Gasteiger partial charge in [0.2, 0.25) is 0 Å². The van der Waals surface area contributed by atoms with E-state index >= 15 is 0 Å². The van der Waals surface area contributed by atoms with Crippen LogP contribution in [0.4, 0.5) is 5.69 Å². The lowest BCUT2D eigenvalue weighted by Gasteiger charge is -2.08. The van der Waals surface area contributed by atoms with Gasteiger partial charge in [0.25, 0.3) is 5.91 Å². The van der Waals surface area contributed by atoms with Crippen molar-refractivity contribution in [3.05, 3.63) is 47.5 Å². The number of carbonyl (C=O) groups is 1. The Hall–Kier alpha value is -2.80. The van der Waals surface area contributed by atoms with E-state index in [-0.39, 0.29) is 12.5 Å². The van der Waals surface area contributed by atoms with Gasteiger partial charge in [0, 0.05) is 16.8 Å². The molecular weight excluding hydrogens is 320 g/mol. The maximum Gasteiger partial charge on any atom is 0.265 e. The Morgan fingerprint density at radius 1 is 1.30 bits per heavy atom. The third-order valence-electron chi connectivity index (χ3n) is 3.05. The van der Waals surface area contributed by atoms with Gasteiger partial charge in [-0.1, -0.05) is 22.5 Å². The van der Waals surface area contributed by atoms with Gasteiger partial charge in [-0.05, 0) is 35.5 Å². The second-order valence-electron chi connectivity index (χ2n) is 4.65. The molecule has 0 spiro atoms. The highest BCUT2D eigenvalue weighted by atomic mass is 35.5. The SMILES string of the molecule is COc1cccc(NC(=O)COn2nnc3ccc(Cl)cc32)c1. The molecule has 0 radical (unpaired) electrons. The zero-order valence-corrected chi connectivity index (χ0v) is 12.9. The van der Waals surface area contributed by atoms with Gasteiger partial charge in [-0.2, -0.15) is 0 Å². The van der Waals surface area contributed by atoms with Crippen LogP contribution >= 0.6 is 11.6 Å². The molecule has 7 nitrogen and oxygen atoms in total. The van der Waals surface area contributed by atoms with Crippen LogP contribution in [-0.4, -0.2) is 34.8 Å². The lowest BCUT2D eigenvalue weighted by molar-refractivity contribution is -0.121. The number of ether oxygens (including phenoxy) is 1. The number of benzene rings is 2. The minimum atomic E-state index is -0.330. The Balaban J connectivity index is 1.65. The summed E-state index contributed by atoms with van der Waals surface area (Å²) in [6.45, 7) is -0.220. The van der Waals surface area contributed by atoms with E-state index in [0.29, 0.717) is 27.5 Å². The number of aromatic nitrogens is 3. The number of halogens is 1. The first-order valence-corrected chi connectivity index (χ1v) is 7.11. The Morgan fingerprint density at radius 3 is 3.00 bits per heavy atom. The number of amides is 1. The van der Waals surface area contributed by atoms with Crippen LogP contribution in [0.25, 0.3) is 11.0 Å². The number of hydrogen-bond acceptors (Lipinski definition) is 5. The van der Waals surface area contributed by atoms with Gasteiger partial charge in [0.05, 0.1) is 7.11 Å². The van der Waals surface area contributed by atoms with Crippen LogP contribution in [0.2, 0.25) is 5.02 Å². The van der Waals surface area contributed by atoms with Gasteiger partial charge in [-0.3, -0.25) is 4.79 Å². The van der Waals surface area contributed by atoms with Crippen molar-refractivity contribution in [3.63, 3.8) is 0 Å². The van der Waals surface area contributed by atoms with Crippen molar-refractivity contribution in [2.75, 3.05) is 19.0 Å².